The first-order valence-electron chi connectivity index (χ1n) is 6.69. The Morgan fingerprint density at radius 3 is 2.47 bits per heavy atom. The monoisotopic (exact) mass is 258 g/mol. The highest BCUT2D eigenvalue weighted by Crippen LogP contribution is 2.39. The first-order chi connectivity index (χ1) is 7.69. The summed E-state index contributed by atoms with van der Waals surface area (Å²) in [5, 5.41) is 3.32. The van der Waals surface area contributed by atoms with Crippen molar-refractivity contribution in [2.75, 3.05) is 26.2 Å². The minimum atomic E-state index is -0.112. The summed E-state index contributed by atoms with van der Waals surface area (Å²) in [6.45, 7) is 6.09. The van der Waals surface area contributed by atoms with Crippen molar-refractivity contribution in [2.24, 2.45) is 17.3 Å². The molecule has 2 aliphatic heterocycles. The molecule has 3 rings (SSSR count). The summed E-state index contributed by atoms with van der Waals surface area (Å²) in [5.74, 6) is 2.05. The molecule has 1 aliphatic carbocycles. The van der Waals surface area contributed by atoms with Crippen LogP contribution < -0.4 is 5.32 Å². The van der Waals surface area contributed by atoms with E-state index in [0.29, 0.717) is 5.91 Å². The number of carbonyl (C=O) groups excluding carboxylic acids is 1. The fourth-order valence-electron chi connectivity index (χ4n) is 3.78. The lowest BCUT2D eigenvalue weighted by Gasteiger charge is -2.28. The molecule has 1 amide bonds. The summed E-state index contributed by atoms with van der Waals surface area (Å²) in [6.07, 6.45) is 5.10. The van der Waals surface area contributed by atoms with Gasteiger partial charge in [-0.1, -0.05) is 6.42 Å². The Kier molecular flexibility index (Phi) is 3.69. The molecule has 1 saturated carbocycles. The Bertz CT molecular complexity index is 290. The Balaban J connectivity index is 0.00000108. The molecule has 3 fully saturated rings. The van der Waals surface area contributed by atoms with Gasteiger partial charge in [-0.3, -0.25) is 4.79 Å². The molecule has 98 valence electrons. The van der Waals surface area contributed by atoms with E-state index in [-0.39, 0.29) is 17.8 Å². The van der Waals surface area contributed by atoms with Crippen molar-refractivity contribution in [1.29, 1.82) is 0 Å². The van der Waals surface area contributed by atoms with Gasteiger partial charge in [0.1, 0.15) is 0 Å². The summed E-state index contributed by atoms with van der Waals surface area (Å²) in [4.78, 5) is 14.6. The molecule has 0 bridgehead atoms. The van der Waals surface area contributed by atoms with Crippen molar-refractivity contribution >= 4 is 18.3 Å². The zero-order valence-corrected chi connectivity index (χ0v) is 11.4. The van der Waals surface area contributed by atoms with Crippen LogP contribution in [0.5, 0.6) is 0 Å². The van der Waals surface area contributed by atoms with Crippen molar-refractivity contribution in [2.45, 2.75) is 32.6 Å². The summed E-state index contributed by atoms with van der Waals surface area (Å²) in [5.41, 5.74) is -0.112. The van der Waals surface area contributed by atoms with E-state index in [1.54, 1.807) is 0 Å². The van der Waals surface area contributed by atoms with Gasteiger partial charge in [-0.05, 0) is 44.6 Å². The molecule has 2 saturated heterocycles. The van der Waals surface area contributed by atoms with Crippen molar-refractivity contribution in [1.82, 2.24) is 10.2 Å². The lowest BCUT2D eigenvalue weighted by molar-refractivity contribution is -0.139. The highest BCUT2D eigenvalue weighted by Gasteiger charge is 2.44. The molecule has 3 atom stereocenters. The van der Waals surface area contributed by atoms with E-state index in [2.05, 4.69) is 17.1 Å². The van der Waals surface area contributed by atoms with Gasteiger partial charge < -0.3 is 10.2 Å². The second-order valence-electron chi connectivity index (χ2n) is 6.15. The fraction of sp³-hybridized carbons (Fsp3) is 0.923. The topological polar surface area (TPSA) is 32.3 Å². The van der Waals surface area contributed by atoms with Crippen LogP contribution in [0.3, 0.4) is 0 Å². The van der Waals surface area contributed by atoms with Crippen molar-refractivity contribution < 1.29 is 4.79 Å². The second-order valence-corrected chi connectivity index (χ2v) is 6.15. The molecule has 0 spiro atoms. The maximum absolute atomic E-state index is 12.5. The van der Waals surface area contributed by atoms with Gasteiger partial charge in [-0.2, -0.15) is 0 Å². The van der Waals surface area contributed by atoms with Gasteiger partial charge in [0.25, 0.3) is 0 Å². The molecule has 3 unspecified atom stereocenters. The average molecular weight is 259 g/mol. The number of hydrogen-bond acceptors (Lipinski definition) is 2. The Labute approximate surface area is 110 Å². The molecule has 2 heterocycles. The zero-order valence-electron chi connectivity index (χ0n) is 10.6. The lowest BCUT2D eigenvalue weighted by Crippen LogP contribution is -2.42. The predicted molar refractivity (Wildman–Crippen MR) is 70.3 cm³/mol. The minimum Gasteiger partial charge on any atom is -0.342 e. The van der Waals surface area contributed by atoms with E-state index in [1.807, 2.05) is 0 Å². The molecule has 17 heavy (non-hydrogen) atoms. The summed E-state index contributed by atoms with van der Waals surface area (Å²) >= 11 is 0. The summed E-state index contributed by atoms with van der Waals surface area (Å²) in [6, 6.07) is 0. The van der Waals surface area contributed by atoms with Crippen LogP contribution >= 0.6 is 12.4 Å². The van der Waals surface area contributed by atoms with Crippen LogP contribution in [0.1, 0.15) is 32.6 Å². The van der Waals surface area contributed by atoms with Gasteiger partial charge in [0.2, 0.25) is 5.91 Å². The van der Waals surface area contributed by atoms with Crippen LogP contribution in [0.25, 0.3) is 0 Å². The van der Waals surface area contributed by atoms with Gasteiger partial charge in [0, 0.05) is 19.6 Å². The number of amides is 1. The van der Waals surface area contributed by atoms with E-state index in [4.69, 9.17) is 0 Å². The van der Waals surface area contributed by atoms with Crippen molar-refractivity contribution in [3.8, 4) is 0 Å². The van der Waals surface area contributed by atoms with E-state index >= 15 is 0 Å². The van der Waals surface area contributed by atoms with E-state index in [9.17, 15) is 4.79 Å². The van der Waals surface area contributed by atoms with Gasteiger partial charge in [0.15, 0.2) is 0 Å². The van der Waals surface area contributed by atoms with Crippen LogP contribution in [0.15, 0.2) is 0 Å². The van der Waals surface area contributed by atoms with Gasteiger partial charge in [-0.25, -0.2) is 0 Å². The summed E-state index contributed by atoms with van der Waals surface area (Å²) < 4.78 is 0. The molecular formula is C13H23ClN2O. The molecule has 3 aliphatic rings. The third-order valence-corrected chi connectivity index (χ3v) is 4.90. The van der Waals surface area contributed by atoms with Crippen LogP contribution in [0.2, 0.25) is 0 Å². The third kappa shape index (κ3) is 2.19. The number of likely N-dealkylation sites (tertiary alicyclic amines) is 1. The lowest BCUT2D eigenvalue weighted by atomic mass is 9.88. The molecule has 1 N–H and O–H groups in total. The van der Waals surface area contributed by atoms with Crippen LogP contribution in [-0.4, -0.2) is 37.0 Å². The van der Waals surface area contributed by atoms with Gasteiger partial charge in [0.05, 0.1) is 5.41 Å². The number of halogens is 1. The standard InChI is InChI=1S/C13H22N2O.ClH/c1-13(5-6-14-9-13)12(16)15-7-10-3-2-4-11(10)8-15;/h10-11,14H,2-9H2,1H3;1H. The maximum atomic E-state index is 12.5. The number of nitrogens with zero attached hydrogens (tertiary/aromatic N) is 1. The summed E-state index contributed by atoms with van der Waals surface area (Å²) in [7, 11) is 0. The number of hydrogen-bond donors (Lipinski definition) is 1. The molecular weight excluding hydrogens is 236 g/mol. The highest BCUT2D eigenvalue weighted by molar-refractivity contribution is 5.85. The highest BCUT2D eigenvalue weighted by atomic mass is 35.5. The van der Waals surface area contributed by atoms with Crippen LogP contribution in [0.4, 0.5) is 0 Å². The second kappa shape index (κ2) is 4.77. The van der Waals surface area contributed by atoms with Crippen molar-refractivity contribution in [3.63, 3.8) is 0 Å². The average Bonchev–Trinajstić information content (AvgIpc) is 2.90. The molecule has 4 heteroatoms. The smallest absolute Gasteiger partial charge is 0.229 e. The maximum Gasteiger partial charge on any atom is 0.229 e. The molecule has 3 nitrogen and oxygen atoms in total. The van der Waals surface area contributed by atoms with E-state index < -0.39 is 0 Å². The number of fused-ring (bicyclic) bond motifs is 1. The minimum absolute atomic E-state index is 0. The van der Waals surface area contributed by atoms with E-state index in [0.717, 1.165) is 44.4 Å². The third-order valence-electron chi connectivity index (χ3n) is 4.90. The Hall–Kier alpha value is -0.280. The molecule has 0 radical (unpaired) electrons. The largest absolute Gasteiger partial charge is 0.342 e. The Morgan fingerprint density at radius 1 is 1.29 bits per heavy atom. The molecule has 0 aromatic heterocycles. The van der Waals surface area contributed by atoms with Gasteiger partial charge in [-0.15, -0.1) is 12.4 Å². The molecule has 0 aromatic rings. The quantitative estimate of drug-likeness (QED) is 0.776. The fourth-order valence-corrected chi connectivity index (χ4v) is 3.78. The zero-order chi connectivity index (χ0) is 11.2. The van der Waals surface area contributed by atoms with Crippen LogP contribution in [0, 0.1) is 17.3 Å². The van der Waals surface area contributed by atoms with Crippen molar-refractivity contribution in [3.05, 3.63) is 0 Å². The number of rotatable bonds is 1. The Morgan fingerprint density at radius 2 is 1.94 bits per heavy atom. The number of carbonyl (C=O) groups is 1. The van der Waals surface area contributed by atoms with Crippen LogP contribution in [-0.2, 0) is 4.79 Å². The first kappa shape index (κ1) is 13.2. The van der Waals surface area contributed by atoms with E-state index in [1.165, 1.54) is 19.3 Å². The number of nitrogens with one attached hydrogen (secondary N) is 1. The predicted octanol–water partition coefficient (Wildman–Crippen LogP) is 1.67. The molecule has 0 aromatic carbocycles. The first-order valence-corrected chi connectivity index (χ1v) is 6.69. The SMILES string of the molecule is CC1(C(=O)N2CC3CCCC3C2)CCNC1.Cl. The van der Waals surface area contributed by atoms with Gasteiger partial charge >= 0.3 is 0 Å². The normalized spacial score (nSPS) is 40.2.